The maximum absolute atomic E-state index is 14.0. The van der Waals surface area contributed by atoms with Crippen LogP contribution in [0.4, 0.5) is 13.2 Å². The Morgan fingerprint density at radius 1 is 0.324 bits per heavy atom. The predicted molar refractivity (Wildman–Crippen MR) is 264 cm³/mol. The molecule has 0 aliphatic rings. The summed E-state index contributed by atoms with van der Waals surface area (Å²) in [7, 11) is -6.08. The second-order valence-corrected chi connectivity index (χ2v) is 17.5. The highest BCUT2D eigenvalue weighted by molar-refractivity contribution is 7.88. The summed E-state index contributed by atoms with van der Waals surface area (Å²) in [5.74, 6) is -0.520. The lowest BCUT2D eigenvalue weighted by molar-refractivity contribution is -0.0499. The number of hydrogen-bond donors (Lipinski definition) is 0. The van der Waals surface area contributed by atoms with Gasteiger partial charge in [0.25, 0.3) is 0 Å². The molecule has 0 unspecified atom stereocenters. The highest BCUT2D eigenvalue weighted by Gasteiger charge is 2.49. The van der Waals surface area contributed by atoms with Crippen LogP contribution in [0.5, 0.6) is 5.75 Å². The molecular formula is C58H38F3N3O3S. The van der Waals surface area contributed by atoms with Crippen molar-refractivity contribution in [1.29, 1.82) is 0 Å². The van der Waals surface area contributed by atoms with Crippen LogP contribution in [0.2, 0.25) is 0 Å². The quantitative estimate of drug-likeness (QED) is 0.0950. The van der Waals surface area contributed by atoms with Crippen molar-refractivity contribution < 1.29 is 25.8 Å². The van der Waals surface area contributed by atoms with Gasteiger partial charge in [0.05, 0.1) is 17.1 Å². The molecule has 10 aromatic rings. The molecule has 0 atom stereocenters. The van der Waals surface area contributed by atoms with Crippen molar-refractivity contribution in [3.8, 4) is 106 Å². The molecule has 0 bridgehead atoms. The first-order valence-electron chi connectivity index (χ1n) is 21.6. The van der Waals surface area contributed by atoms with E-state index < -0.39 is 21.4 Å². The zero-order valence-corrected chi connectivity index (χ0v) is 36.9. The van der Waals surface area contributed by atoms with Gasteiger partial charge in [0.2, 0.25) is 0 Å². The molecule has 330 valence electrons. The standard InChI is InChI=1S/C58H38F3N3O3S/c59-58(60,61)68(65,66)67-57-35-56(41-20-8-3-9-21-41)64-38-53(57)52-27-15-14-26-51(52)46-33-44(49-24-12-10-22-47(49)42-28-30-54(62-36-42)39-16-4-1-5-17-39)32-45(34-46)50-25-13-11-23-48(50)43-29-31-55(63-37-43)40-18-6-2-7-19-40/h1-38H. The average molecular weight is 914 g/mol. The van der Waals surface area contributed by atoms with Crippen LogP contribution in [0, 0.1) is 0 Å². The van der Waals surface area contributed by atoms with E-state index >= 15 is 0 Å². The fourth-order valence-electron chi connectivity index (χ4n) is 8.34. The molecule has 10 heteroatoms. The van der Waals surface area contributed by atoms with Crippen LogP contribution >= 0.6 is 0 Å². The van der Waals surface area contributed by atoms with Gasteiger partial charge in [-0.3, -0.25) is 15.0 Å². The molecule has 3 aromatic heterocycles. The first kappa shape index (κ1) is 43.4. The van der Waals surface area contributed by atoms with Crippen molar-refractivity contribution in [3.63, 3.8) is 0 Å². The molecule has 6 nitrogen and oxygen atoms in total. The molecule has 0 aliphatic heterocycles. The van der Waals surface area contributed by atoms with E-state index in [1.54, 1.807) is 42.5 Å². The molecule has 0 spiro atoms. The fourth-order valence-corrected chi connectivity index (χ4v) is 8.81. The van der Waals surface area contributed by atoms with Crippen molar-refractivity contribution in [2.24, 2.45) is 0 Å². The summed E-state index contributed by atoms with van der Waals surface area (Å²) in [4.78, 5) is 14.3. The monoisotopic (exact) mass is 913 g/mol. The van der Waals surface area contributed by atoms with Gasteiger partial charge < -0.3 is 4.18 Å². The Kier molecular flexibility index (Phi) is 11.8. The zero-order chi connectivity index (χ0) is 46.7. The van der Waals surface area contributed by atoms with Crippen LogP contribution < -0.4 is 4.18 Å². The molecule has 0 aliphatic carbocycles. The zero-order valence-electron chi connectivity index (χ0n) is 36.0. The van der Waals surface area contributed by atoms with Gasteiger partial charge in [-0.05, 0) is 80.4 Å². The summed E-state index contributed by atoms with van der Waals surface area (Å²) in [5, 5.41) is 0. The molecule has 0 radical (unpaired) electrons. The number of benzene rings is 7. The minimum absolute atomic E-state index is 0.0509. The van der Waals surface area contributed by atoms with Crippen molar-refractivity contribution in [1.82, 2.24) is 15.0 Å². The molecule has 0 saturated carbocycles. The Labute approximate surface area is 391 Å². The van der Waals surface area contributed by atoms with E-state index in [0.29, 0.717) is 22.3 Å². The summed E-state index contributed by atoms with van der Waals surface area (Å²) in [5.41, 5.74) is 7.69. The van der Waals surface area contributed by atoms with E-state index in [-0.39, 0.29) is 11.3 Å². The molecule has 3 heterocycles. The van der Waals surface area contributed by atoms with E-state index in [1.165, 1.54) is 12.3 Å². The molecular weight excluding hydrogens is 876 g/mol. The van der Waals surface area contributed by atoms with Crippen molar-refractivity contribution >= 4 is 10.1 Å². The van der Waals surface area contributed by atoms with Crippen molar-refractivity contribution in [2.45, 2.75) is 5.51 Å². The number of nitrogens with zero attached hydrogens (tertiary/aromatic N) is 3. The largest absolute Gasteiger partial charge is 0.534 e. The van der Waals surface area contributed by atoms with Gasteiger partial charge in [0.15, 0.2) is 5.75 Å². The Bertz CT molecular complexity index is 3370. The van der Waals surface area contributed by atoms with E-state index in [1.807, 2.05) is 158 Å². The number of pyridine rings is 3. The summed E-state index contributed by atoms with van der Waals surface area (Å²) in [6.45, 7) is 0. The van der Waals surface area contributed by atoms with Gasteiger partial charge in [-0.1, -0.05) is 176 Å². The Balaban J connectivity index is 1.16. The average Bonchev–Trinajstić information content (AvgIpc) is 3.39. The van der Waals surface area contributed by atoms with Crippen LogP contribution in [-0.2, 0) is 10.1 Å². The van der Waals surface area contributed by atoms with Gasteiger partial charge in [-0.2, -0.15) is 21.6 Å². The molecule has 68 heavy (non-hydrogen) atoms. The second-order valence-electron chi connectivity index (χ2n) is 15.9. The Hall–Kier alpha value is -8.47. The summed E-state index contributed by atoms with van der Waals surface area (Å²) >= 11 is 0. The molecule has 7 aromatic carbocycles. The second kappa shape index (κ2) is 18.4. The number of aromatic nitrogens is 3. The van der Waals surface area contributed by atoms with E-state index in [0.717, 1.165) is 67.0 Å². The maximum Gasteiger partial charge on any atom is 0.534 e. The number of hydrogen-bond acceptors (Lipinski definition) is 6. The first-order chi connectivity index (χ1) is 33.1. The fraction of sp³-hybridized carbons (Fsp3) is 0.0172. The molecule has 0 fully saturated rings. The lowest BCUT2D eigenvalue weighted by atomic mass is 9.86. The third-order valence-corrected chi connectivity index (χ3v) is 12.6. The molecule has 0 N–H and O–H groups in total. The Morgan fingerprint density at radius 2 is 0.662 bits per heavy atom. The van der Waals surface area contributed by atoms with E-state index in [9.17, 15) is 21.6 Å². The van der Waals surface area contributed by atoms with Gasteiger partial charge in [0.1, 0.15) is 0 Å². The molecule has 10 rings (SSSR count). The predicted octanol–water partition coefficient (Wildman–Crippen LogP) is 15.1. The minimum Gasteiger partial charge on any atom is -0.375 e. The summed E-state index contributed by atoms with van der Waals surface area (Å²) in [6, 6.07) is 67.4. The lowest BCUT2D eigenvalue weighted by Gasteiger charge is -2.19. The van der Waals surface area contributed by atoms with Gasteiger partial charge >= 0.3 is 15.6 Å². The SMILES string of the molecule is O=S(=O)(Oc1cc(-c2ccccc2)ncc1-c1ccccc1-c1cc(-c2ccccc2-c2ccc(-c3ccccc3)nc2)cc(-c2ccccc2-c2ccc(-c3ccccc3)nc2)c1)C(F)(F)F. The van der Waals surface area contributed by atoms with Gasteiger partial charge in [0, 0.05) is 58.0 Å². The highest BCUT2D eigenvalue weighted by Crippen LogP contribution is 2.45. The van der Waals surface area contributed by atoms with Gasteiger partial charge in [-0.15, -0.1) is 0 Å². The number of alkyl halides is 3. The molecule has 0 saturated heterocycles. The summed E-state index contributed by atoms with van der Waals surface area (Å²) < 4.78 is 72.4. The van der Waals surface area contributed by atoms with Crippen LogP contribution in [-0.4, -0.2) is 28.9 Å². The van der Waals surface area contributed by atoms with Crippen molar-refractivity contribution in [2.75, 3.05) is 0 Å². The minimum atomic E-state index is -6.08. The smallest absolute Gasteiger partial charge is 0.375 e. The highest BCUT2D eigenvalue weighted by atomic mass is 32.2. The van der Waals surface area contributed by atoms with Crippen LogP contribution in [0.25, 0.3) is 101 Å². The third kappa shape index (κ3) is 8.92. The van der Waals surface area contributed by atoms with E-state index in [4.69, 9.17) is 14.2 Å². The topological polar surface area (TPSA) is 82.0 Å². The van der Waals surface area contributed by atoms with Crippen LogP contribution in [0.15, 0.2) is 231 Å². The van der Waals surface area contributed by atoms with E-state index in [2.05, 4.69) is 23.2 Å². The van der Waals surface area contributed by atoms with Crippen molar-refractivity contribution in [3.05, 3.63) is 231 Å². The molecule has 0 amide bonds. The van der Waals surface area contributed by atoms with Gasteiger partial charge in [-0.25, -0.2) is 0 Å². The van der Waals surface area contributed by atoms with Crippen LogP contribution in [0.3, 0.4) is 0 Å². The number of rotatable bonds is 11. The van der Waals surface area contributed by atoms with Crippen LogP contribution in [0.1, 0.15) is 0 Å². The third-order valence-electron chi connectivity index (χ3n) is 11.6. The first-order valence-corrected chi connectivity index (χ1v) is 23.0. The lowest BCUT2D eigenvalue weighted by Crippen LogP contribution is -2.28. The maximum atomic E-state index is 14.0. The summed E-state index contributed by atoms with van der Waals surface area (Å²) in [6.07, 6.45) is 5.09. The Morgan fingerprint density at radius 3 is 1.04 bits per heavy atom. The normalized spacial score (nSPS) is 11.6. The number of halogens is 3.